The third-order valence-electron chi connectivity index (χ3n) is 20.2. The summed E-state index contributed by atoms with van der Waals surface area (Å²) in [6.45, 7) is 14.6. The van der Waals surface area contributed by atoms with E-state index in [-0.39, 0.29) is 86.6 Å². The van der Waals surface area contributed by atoms with Gasteiger partial charge in [0.15, 0.2) is 11.8 Å². The number of nitrogens with zero attached hydrogens (tertiary/aromatic N) is 4. The maximum atomic E-state index is 14.1. The second kappa shape index (κ2) is 48.0. The minimum Gasteiger partial charge on any atom is -0.462 e. The molecule has 588 valence electrons. The first kappa shape index (κ1) is 91.8. The highest BCUT2D eigenvalue weighted by molar-refractivity contribution is 5.81. The lowest BCUT2D eigenvalue weighted by molar-refractivity contribution is -0.168. The van der Waals surface area contributed by atoms with E-state index in [1.165, 1.54) is 50.8 Å². The zero-order chi connectivity index (χ0) is 77.7. The zero-order valence-corrected chi connectivity index (χ0v) is 64.9. The molecular formula is C78H124N4O22. The van der Waals surface area contributed by atoms with E-state index >= 15 is 0 Å². The summed E-state index contributed by atoms with van der Waals surface area (Å²) in [6, 6.07) is 0. The van der Waals surface area contributed by atoms with Gasteiger partial charge in [0, 0.05) is 145 Å². The number of Topliss-reactive ketones (excluding diaryl/α,β-unsaturated/α-hetero) is 2. The van der Waals surface area contributed by atoms with Crippen LogP contribution in [-0.2, 0) is 89.0 Å². The first-order valence-electron chi connectivity index (χ1n) is 36.0. The van der Waals surface area contributed by atoms with Gasteiger partial charge in [0.1, 0.15) is 59.9 Å². The fourth-order valence-electron chi connectivity index (χ4n) is 12.4. The van der Waals surface area contributed by atoms with Crippen LogP contribution >= 0.6 is 0 Å². The molecule has 4 bridgehead atoms. The van der Waals surface area contributed by atoms with Crippen LogP contribution in [0.3, 0.4) is 0 Å². The predicted octanol–water partition coefficient (Wildman–Crippen LogP) is 9.82. The molecule has 18 atom stereocenters. The quantitative estimate of drug-likeness (QED) is 0.0374. The summed E-state index contributed by atoms with van der Waals surface area (Å²) in [7, 11) is 15.4. The summed E-state index contributed by atoms with van der Waals surface area (Å²) < 4.78 is 70.9. The number of hydrogen-bond donors (Lipinski definition) is 4. The first-order valence-corrected chi connectivity index (χ1v) is 36.0. The zero-order valence-electron chi connectivity index (χ0n) is 64.9. The summed E-state index contributed by atoms with van der Waals surface area (Å²) in [4.78, 5) is 89.6. The molecule has 0 spiro atoms. The molecule has 1 aliphatic heterocycles. The van der Waals surface area contributed by atoms with Gasteiger partial charge in [0.25, 0.3) is 0 Å². The van der Waals surface area contributed by atoms with Gasteiger partial charge in [-0.2, -0.15) is 0 Å². The molecular weight excluding hydrogens is 1340 g/mol. The molecule has 26 nitrogen and oxygen atoms in total. The molecule has 0 aromatic carbocycles. The Labute approximate surface area is 616 Å². The number of rotatable bonds is 34. The first-order chi connectivity index (χ1) is 49.4. The normalized spacial score (nSPS) is 24.7. The predicted molar refractivity (Wildman–Crippen MR) is 390 cm³/mol. The fourth-order valence-corrected chi connectivity index (χ4v) is 12.4. The van der Waals surface area contributed by atoms with E-state index in [9.17, 15) is 49.2 Å². The maximum Gasteiger partial charge on any atom is 0.308 e. The minimum atomic E-state index is -1.22. The van der Waals surface area contributed by atoms with Crippen LogP contribution in [0.4, 0.5) is 0 Å². The van der Waals surface area contributed by atoms with Crippen LogP contribution in [0.5, 0.6) is 0 Å². The molecule has 0 saturated carbocycles. The SMILES string of the molecule is COC1C=CC=CCC(OC)c2coc(n2)CC(O)C(C)(C)C(CC(OC)C(C)CCC(=O)C(C)C(CC=CN(C)C=O)OC)OC(=O)CC(O)CC(OC)C=CC=CCC(OC)c2coc(n2)CC(C(C)(C)C(O)CC(OC)C(C)CCC(=O)C(C)C(CC=CN(C)C=O)OC)OC(=O)CC(O)C1. The number of carbonyl (C=O) groups excluding carboxylic acids is 6. The lowest BCUT2D eigenvalue weighted by atomic mass is 9.75. The van der Waals surface area contributed by atoms with Crippen LogP contribution in [0.2, 0.25) is 0 Å². The highest BCUT2D eigenvalue weighted by Gasteiger charge is 2.44. The molecule has 3 rings (SSSR count). The van der Waals surface area contributed by atoms with E-state index in [2.05, 4.69) is 0 Å². The average molecular weight is 1470 g/mol. The van der Waals surface area contributed by atoms with Crippen molar-refractivity contribution in [2.24, 2.45) is 34.5 Å². The van der Waals surface area contributed by atoms with Crippen molar-refractivity contribution >= 4 is 36.3 Å². The van der Waals surface area contributed by atoms with Gasteiger partial charge in [0.05, 0.1) is 86.7 Å². The molecule has 0 fully saturated rings. The Morgan fingerprint density at radius 3 is 1.45 bits per heavy atom. The van der Waals surface area contributed by atoms with Crippen LogP contribution < -0.4 is 0 Å². The van der Waals surface area contributed by atoms with Crippen LogP contribution in [0, 0.1) is 34.5 Å². The Morgan fingerprint density at radius 2 is 1.04 bits per heavy atom. The largest absolute Gasteiger partial charge is 0.462 e. The van der Waals surface area contributed by atoms with Crippen molar-refractivity contribution < 1.29 is 105 Å². The van der Waals surface area contributed by atoms with Gasteiger partial charge in [-0.05, 0) is 50.4 Å². The smallest absolute Gasteiger partial charge is 0.308 e. The van der Waals surface area contributed by atoms with Crippen molar-refractivity contribution in [2.75, 3.05) is 71.0 Å². The van der Waals surface area contributed by atoms with Crippen LogP contribution in [-0.4, -0.2) is 221 Å². The molecule has 18 unspecified atom stereocenters. The molecule has 2 aromatic rings. The van der Waals surface area contributed by atoms with Crippen molar-refractivity contribution in [3.05, 3.63) is 109 Å². The molecule has 0 aliphatic carbocycles. The van der Waals surface area contributed by atoms with E-state index in [1.54, 1.807) is 131 Å². The number of aromatic nitrogens is 2. The number of amides is 2. The number of esters is 2. The van der Waals surface area contributed by atoms with Gasteiger partial charge in [-0.3, -0.25) is 28.8 Å². The number of carbonyl (C=O) groups is 6. The van der Waals surface area contributed by atoms with Crippen molar-refractivity contribution in [3.63, 3.8) is 0 Å². The third-order valence-corrected chi connectivity index (χ3v) is 20.2. The average Bonchev–Trinajstić information content (AvgIpc) is 1.29. The molecule has 3 heterocycles. The Kier molecular flexibility index (Phi) is 42.4. The molecule has 0 radical (unpaired) electrons. The molecule has 104 heavy (non-hydrogen) atoms. The van der Waals surface area contributed by atoms with Crippen molar-refractivity contribution in [3.8, 4) is 0 Å². The number of hydrogen-bond acceptors (Lipinski definition) is 24. The van der Waals surface area contributed by atoms with Crippen molar-refractivity contribution in [1.82, 2.24) is 19.8 Å². The highest BCUT2D eigenvalue weighted by atomic mass is 16.6. The van der Waals surface area contributed by atoms with E-state index < -0.39 is 133 Å². The van der Waals surface area contributed by atoms with E-state index in [0.29, 0.717) is 62.7 Å². The fraction of sp³-hybridized carbons (Fsp3) is 0.692. The van der Waals surface area contributed by atoms with E-state index in [4.69, 9.17) is 66.2 Å². The summed E-state index contributed by atoms with van der Waals surface area (Å²) in [5.41, 5.74) is -1.48. The third kappa shape index (κ3) is 31.2. The van der Waals surface area contributed by atoms with Crippen LogP contribution in [0.25, 0.3) is 0 Å². The lowest BCUT2D eigenvalue weighted by Crippen LogP contribution is -2.46. The summed E-state index contributed by atoms with van der Waals surface area (Å²) in [5.74, 6) is -2.44. The topological polar surface area (TPSA) is 334 Å². The number of ketones is 2. The molecule has 2 aromatic heterocycles. The number of methoxy groups -OCH3 is 8. The van der Waals surface area contributed by atoms with Gasteiger partial charge >= 0.3 is 11.9 Å². The van der Waals surface area contributed by atoms with Gasteiger partial charge in [-0.25, -0.2) is 9.97 Å². The molecule has 0 saturated heterocycles. The Balaban J connectivity index is 1.97. The van der Waals surface area contributed by atoms with Gasteiger partial charge < -0.3 is 86.4 Å². The van der Waals surface area contributed by atoms with Crippen LogP contribution in [0.1, 0.15) is 181 Å². The van der Waals surface area contributed by atoms with Crippen LogP contribution in [0.15, 0.2) is 94.5 Å². The molecule has 2 amide bonds. The number of oxazole rings is 2. The number of fused-ring (bicyclic) bond motifs is 4. The summed E-state index contributed by atoms with van der Waals surface area (Å²) in [6.07, 6.45) is 16.1. The minimum absolute atomic E-state index is 0.00460. The monoisotopic (exact) mass is 1470 g/mol. The number of ether oxygens (including phenoxy) is 10. The second-order valence-electron chi connectivity index (χ2n) is 28.5. The standard InChI is InChI=1S/C78H124N4O22/c1-51(33-35-61(87)53(3)63(95-13)31-25-37-81(9)49-83)67(99-17)43-69(89)77(5,6)72-46-74-80-60(48-102-74)66(98-16)30-24-20-22-27-57(93-11)39-55(85)41-75(91)103-71(44-68(100-18)52(2)34-36-62(88)54(4)64(96-14)32-26-38-82(10)50-84)78(7,8)70(90)45-73-79-59(47-101-73)65(97-15)29-23-19-21-28-58(94-12)40-56(86)42-76(92)104-72/h19-28,37-38,47-58,63-72,85-86,89-90H,29-36,39-46H2,1-18H3. The maximum absolute atomic E-state index is 14.1. The summed E-state index contributed by atoms with van der Waals surface area (Å²) in [5, 5.41) is 47.2. The number of allylic oxidation sites excluding steroid dienone is 4. The summed E-state index contributed by atoms with van der Waals surface area (Å²) >= 11 is 0. The lowest BCUT2D eigenvalue weighted by Gasteiger charge is -2.40. The van der Waals surface area contributed by atoms with E-state index in [0.717, 1.165) is 0 Å². The molecule has 1 aliphatic rings. The van der Waals surface area contributed by atoms with E-state index in [1.807, 2.05) is 39.8 Å². The van der Waals surface area contributed by atoms with Crippen molar-refractivity contribution in [1.29, 1.82) is 0 Å². The molecule has 26 heteroatoms. The Bertz CT molecular complexity index is 3010. The second-order valence-corrected chi connectivity index (χ2v) is 28.5. The Hall–Kier alpha value is -6.40. The van der Waals surface area contributed by atoms with Gasteiger partial charge in [-0.15, -0.1) is 0 Å². The number of aliphatic hydroxyl groups excluding tert-OH is 4. The van der Waals surface area contributed by atoms with Gasteiger partial charge in [-0.1, -0.05) is 116 Å². The van der Waals surface area contributed by atoms with Gasteiger partial charge in [0.2, 0.25) is 12.8 Å². The van der Waals surface area contributed by atoms with Crippen molar-refractivity contribution in [2.45, 2.75) is 244 Å². The highest BCUT2D eigenvalue weighted by Crippen LogP contribution is 2.38. The molecule has 4 N–H and O–H groups in total. The Morgan fingerprint density at radius 1 is 0.615 bits per heavy atom. The number of aliphatic hydroxyl groups is 4. The number of cyclic esters (lactones) is 2.